The van der Waals surface area contributed by atoms with Crippen LogP contribution in [-0.4, -0.2) is 29.0 Å². The molecule has 4 saturated carbocycles. The Kier molecular flexibility index (Phi) is 4.73. The highest BCUT2D eigenvalue weighted by Gasteiger charge is 2.66. The third kappa shape index (κ3) is 2.58. The van der Waals surface area contributed by atoms with Crippen molar-refractivity contribution in [2.45, 2.75) is 90.6 Å². The lowest BCUT2D eigenvalue weighted by atomic mass is 9.44. The number of carbonyl (C=O) groups excluding carboxylic acids is 1. The fourth-order valence-corrected chi connectivity index (χ4v) is 8.09. The predicted octanol–water partition coefficient (Wildman–Crippen LogP) is 4.73. The quantitative estimate of drug-likeness (QED) is 0.553. The van der Waals surface area contributed by atoms with Crippen molar-refractivity contribution in [1.29, 1.82) is 5.41 Å². The molecular formula is C23H37NO3. The number of hydrogen-bond donors (Lipinski definition) is 2. The van der Waals surface area contributed by atoms with Crippen LogP contribution in [0, 0.1) is 39.9 Å². The Labute approximate surface area is 163 Å². The third-order valence-electron chi connectivity index (χ3n) is 9.63. The fraction of sp³-hybridized carbons (Fsp3) is 0.913. The van der Waals surface area contributed by atoms with Gasteiger partial charge in [0.05, 0.1) is 6.61 Å². The summed E-state index contributed by atoms with van der Waals surface area (Å²) < 4.78 is 5.08. The smallest absolute Gasteiger partial charge is 0.355 e. The highest BCUT2D eigenvalue weighted by Crippen LogP contribution is 2.68. The summed E-state index contributed by atoms with van der Waals surface area (Å²) in [6.45, 7) is 6.72. The van der Waals surface area contributed by atoms with Gasteiger partial charge in [-0.25, -0.2) is 4.79 Å². The van der Waals surface area contributed by atoms with Gasteiger partial charge in [-0.15, -0.1) is 0 Å². The number of hydrogen-bond acceptors (Lipinski definition) is 4. The minimum Gasteiger partial charge on any atom is -0.461 e. The van der Waals surface area contributed by atoms with Crippen LogP contribution >= 0.6 is 0 Å². The molecule has 2 N–H and O–H groups in total. The standard InChI is InChI=1S/C23H37NO3/c1-4-27-20(25)19(24)23(26)14-11-18-16-9-8-15-7-5-6-12-21(15,2)17(16)10-13-22(18,23)3/h15-18,24,26H,4-14H2,1-3H3. The van der Waals surface area contributed by atoms with Crippen molar-refractivity contribution >= 4 is 11.7 Å². The molecule has 0 aromatic carbocycles. The molecule has 4 nitrogen and oxygen atoms in total. The summed E-state index contributed by atoms with van der Waals surface area (Å²) in [5.41, 5.74) is -1.42. The summed E-state index contributed by atoms with van der Waals surface area (Å²) in [5.74, 6) is 2.08. The van der Waals surface area contributed by atoms with Gasteiger partial charge in [-0.3, -0.25) is 5.41 Å². The molecule has 4 fully saturated rings. The van der Waals surface area contributed by atoms with E-state index in [1.54, 1.807) is 6.92 Å². The molecule has 4 aliphatic carbocycles. The minimum absolute atomic E-state index is 0.203. The maximum absolute atomic E-state index is 12.3. The topological polar surface area (TPSA) is 70.4 Å². The molecule has 4 heteroatoms. The van der Waals surface area contributed by atoms with Gasteiger partial charge in [0.15, 0.2) is 0 Å². The second kappa shape index (κ2) is 6.57. The highest BCUT2D eigenvalue weighted by atomic mass is 16.5. The molecule has 27 heavy (non-hydrogen) atoms. The number of ether oxygens (including phenoxy) is 1. The molecule has 152 valence electrons. The lowest BCUT2D eigenvalue weighted by Gasteiger charge is -2.61. The molecule has 0 aromatic rings. The molecule has 7 unspecified atom stereocenters. The first-order valence-corrected chi connectivity index (χ1v) is 11.3. The maximum atomic E-state index is 12.3. The van der Waals surface area contributed by atoms with Crippen LogP contribution in [0.25, 0.3) is 0 Å². The predicted molar refractivity (Wildman–Crippen MR) is 106 cm³/mol. The molecule has 0 heterocycles. The van der Waals surface area contributed by atoms with Crippen LogP contribution in [0.4, 0.5) is 0 Å². The molecular weight excluding hydrogens is 338 g/mol. The second-order valence-corrected chi connectivity index (χ2v) is 10.4. The fourth-order valence-electron chi connectivity index (χ4n) is 8.09. The Hall–Kier alpha value is -0.900. The Morgan fingerprint density at radius 3 is 2.52 bits per heavy atom. The van der Waals surface area contributed by atoms with Crippen molar-refractivity contribution in [2.75, 3.05) is 6.61 Å². The zero-order valence-electron chi connectivity index (χ0n) is 17.4. The monoisotopic (exact) mass is 375 g/mol. The largest absolute Gasteiger partial charge is 0.461 e. The van der Waals surface area contributed by atoms with E-state index < -0.39 is 11.6 Å². The molecule has 7 atom stereocenters. The Morgan fingerprint density at radius 1 is 1.04 bits per heavy atom. The Balaban J connectivity index is 1.61. The lowest BCUT2D eigenvalue weighted by molar-refractivity contribution is -0.143. The normalized spacial score (nSPS) is 48.9. The summed E-state index contributed by atoms with van der Waals surface area (Å²) in [4.78, 5) is 12.3. The van der Waals surface area contributed by atoms with Gasteiger partial charge in [0.2, 0.25) is 0 Å². The van der Waals surface area contributed by atoms with Crippen molar-refractivity contribution < 1.29 is 14.6 Å². The summed E-state index contributed by atoms with van der Waals surface area (Å²) in [5, 5.41) is 20.0. The molecule has 0 bridgehead atoms. The van der Waals surface area contributed by atoms with E-state index >= 15 is 0 Å². The van der Waals surface area contributed by atoms with Gasteiger partial charge < -0.3 is 9.84 Å². The number of aliphatic hydroxyl groups is 1. The first-order valence-electron chi connectivity index (χ1n) is 11.3. The molecule has 0 aromatic heterocycles. The van der Waals surface area contributed by atoms with E-state index in [-0.39, 0.29) is 17.7 Å². The molecule has 0 saturated heterocycles. The average Bonchev–Trinajstić information content (AvgIpc) is 2.93. The third-order valence-corrected chi connectivity index (χ3v) is 9.63. The summed E-state index contributed by atoms with van der Waals surface area (Å²) in [7, 11) is 0. The van der Waals surface area contributed by atoms with Crippen LogP contribution in [0.15, 0.2) is 0 Å². The van der Waals surface area contributed by atoms with Crippen LogP contribution in [0.1, 0.15) is 85.0 Å². The minimum atomic E-state index is -1.32. The number of esters is 1. The van der Waals surface area contributed by atoms with E-state index in [2.05, 4.69) is 13.8 Å². The zero-order valence-corrected chi connectivity index (χ0v) is 17.4. The van der Waals surface area contributed by atoms with Gasteiger partial charge in [-0.1, -0.05) is 26.7 Å². The van der Waals surface area contributed by atoms with E-state index in [9.17, 15) is 9.90 Å². The lowest BCUT2D eigenvalue weighted by Crippen LogP contribution is -2.59. The van der Waals surface area contributed by atoms with Crippen molar-refractivity contribution in [2.24, 2.45) is 34.5 Å². The average molecular weight is 376 g/mol. The van der Waals surface area contributed by atoms with Gasteiger partial charge in [0.1, 0.15) is 11.3 Å². The van der Waals surface area contributed by atoms with E-state index in [0.29, 0.717) is 23.7 Å². The molecule has 0 radical (unpaired) electrons. The number of rotatable bonds is 3. The number of carbonyl (C=O) groups is 1. The van der Waals surface area contributed by atoms with Crippen molar-refractivity contribution in [3.05, 3.63) is 0 Å². The SMILES string of the molecule is CCOC(=O)C(=N)C1(O)CCC2C3CCC4CCCCC4(C)C3CCC21C. The molecule has 4 rings (SSSR count). The van der Waals surface area contributed by atoms with Crippen LogP contribution in [0.3, 0.4) is 0 Å². The summed E-state index contributed by atoms with van der Waals surface area (Å²) in [6, 6.07) is 0. The van der Waals surface area contributed by atoms with Gasteiger partial charge in [0, 0.05) is 5.41 Å². The van der Waals surface area contributed by atoms with E-state index in [0.717, 1.165) is 31.1 Å². The van der Waals surface area contributed by atoms with E-state index in [4.69, 9.17) is 10.1 Å². The summed E-state index contributed by atoms with van der Waals surface area (Å²) in [6.07, 6.45) is 11.7. The number of nitrogens with one attached hydrogen (secondary N) is 1. The molecule has 0 amide bonds. The number of fused-ring (bicyclic) bond motifs is 5. The van der Waals surface area contributed by atoms with Gasteiger partial charge in [-0.2, -0.15) is 0 Å². The van der Waals surface area contributed by atoms with Gasteiger partial charge >= 0.3 is 5.97 Å². The van der Waals surface area contributed by atoms with Crippen LogP contribution < -0.4 is 0 Å². The second-order valence-electron chi connectivity index (χ2n) is 10.4. The zero-order chi connectivity index (χ0) is 19.4. The van der Waals surface area contributed by atoms with E-state index in [1.165, 1.54) is 38.5 Å². The first kappa shape index (κ1) is 19.4. The molecule has 0 spiro atoms. The van der Waals surface area contributed by atoms with Crippen LogP contribution in [-0.2, 0) is 9.53 Å². The Bertz CT molecular complexity index is 633. The van der Waals surface area contributed by atoms with Crippen molar-refractivity contribution in [1.82, 2.24) is 0 Å². The first-order chi connectivity index (χ1) is 12.8. The summed E-state index contributed by atoms with van der Waals surface area (Å²) >= 11 is 0. The van der Waals surface area contributed by atoms with Crippen molar-refractivity contribution in [3.8, 4) is 0 Å². The van der Waals surface area contributed by atoms with Crippen molar-refractivity contribution in [3.63, 3.8) is 0 Å². The maximum Gasteiger partial charge on any atom is 0.355 e. The van der Waals surface area contributed by atoms with Crippen LogP contribution in [0.5, 0.6) is 0 Å². The van der Waals surface area contributed by atoms with Gasteiger partial charge in [0.25, 0.3) is 0 Å². The molecule has 0 aliphatic heterocycles. The Morgan fingerprint density at radius 2 is 1.78 bits per heavy atom. The van der Waals surface area contributed by atoms with Crippen LogP contribution in [0.2, 0.25) is 0 Å². The van der Waals surface area contributed by atoms with Gasteiger partial charge in [-0.05, 0) is 87.4 Å². The highest BCUT2D eigenvalue weighted by molar-refractivity contribution is 6.38. The van der Waals surface area contributed by atoms with E-state index in [1.807, 2.05) is 0 Å². The molecule has 4 aliphatic rings.